The van der Waals surface area contributed by atoms with Gasteiger partial charge in [-0.2, -0.15) is 0 Å². The molecule has 0 aliphatic carbocycles. The van der Waals surface area contributed by atoms with Gasteiger partial charge in [-0.1, -0.05) is 59.1 Å². The molecule has 0 saturated carbocycles. The lowest BCUT2D eigenvalue weighted by Gasteiger charge is -2.14. The molecule has 0 spiro atoms. The van der Waals surface area contributed by atoms with E-state index in [4.69, 9.17) is 45.3 Å². The average molecular weight is 457 g/mol. The lowest BCUT2D eigenvalue weighted by molar-refractivity contribution is -0.109. The summed E-state index contributed by atoms with van der Waals surface area (Å²) in [6.07, 6.45) is 0.726. The first-order valence-electron chi connectivity index (χ1n) is 8.22. The molecule has 1 aliphatic heterocycles. The van der Waals surface area contributed by atoms with Gasteiger partial charge in [0.15, 0.2) is 10.3 Å². The van der Waals surface area contributed by atoms with E-state index in [0.29, 0.717) is 15.1 Å². The summed E-state index contributed by atoms with van der Waals surface area (Å²) in [5, 5.41) is 1.68. The normalized spacial score (nSPS) is 21.9. The minimum Gasteiger partial charge on any atom is -0.390 e. The fraction of sp³-hybridized carbons (Fsp3) is 0.211. The van der Waals surface area contributed by atoms with Crippen LogP contribution in [0.3, 0.4) is 0 Å². The molecule has 1 saturated heterocycles. The molecule has 0 radical (unpaired) electrons. The van der Waals surface area contributed by atoms with E-state index in [-0.39, 0.29) is 22.9 Å². The molecule has 0 amide bonds. The second kappa shape index (κ2) is 8.84. The Bertz CT molecular complexity index is 967. The van der Waals surface area contributed by atoms with Crippen molar-refractivity contribution < 1.29 is 9.53 Å². The van der Waals surface area contributed by atoms with Gasteiger partial charge in [0.05, 0.1) is 12.9 Å². The van der Waals surface area contributed by atoms with Gasteiger partial charge in [0, 0.05) is 33.1 Å². The van der Waals surface area contributed by atoms with E-state index in [1.165, 1.54) is 6.92 Å². The fourth-order valence-corrected chi connectivity index (χ4v) is 4.20. The maximum atomic E-state index is 11.4. The summed E-state index contributed by atoms with van der Waals surface area (Å²) in [4.78, 5) is 19.8. The maximum Gasteiger partial charge on any atom is 0.193 e. The van der Waals surface area contributed by atoms with E-state index in [9.17, 15) is 4.79 Å². The number of ether oxygens (including phenoxy) is 1. The average Bonchev–Trinajstić information content (AvgIpc) is 3.35. The number of thioether (sulfide) groups is 1. The first-order valence-corrected chi connectivity index (χ1v) is 10.2. The summed E-state index contributed by atoms with van der Waals surface area (Å²) >= 11 is 19.7. The predicted molar refractivity (Wildman–Crippen MR) is 117 cm³/mol. The number of carbonyl (C=O) groups is 1. The highest BCUT2D eigenvalue weighted by atomic mass is 35.5. The Labute approximate surface area is 181 Å². The Kier molecular flexibility index (Phi) is 6.68. The molecule has 2 atom stereocenters. The molecule has 2 aromatic carbocycles. The molecule has 1 fully saturated rings. The number of hydrogen-bond donors (Lipinski definition) is 1. The zero-order valence-corrected chi connectivity index (χ0v) is 17.8. The van der Waals surface area contributed by atoms with Gasteiger partial charge in [0.1, 0.15) is 11.7 Å². The molecule has 3 rings (SSSR count). The number of rotatable bonds is 4. The van der Waals surface area contributed by atoms with Crippen LogP contribution in [-0.2, 0) is 15.1 Å². The zero-order chi connectivity index (χ0) is 20.3. The lowest BCUT2D eigenvalue weighted by Crippen LogP contribution is -2.16. The summed E-state index contributed by atoms with van der Waals surface area (Å²) in [6, 6.07) is 12.6. The Morgan fingerprint density at radius 1 is 1.25 bits per heavy atom. The number of carbonyl (C=O) groups excluding carboxylic acids is 1. The molecule has 0 bridgehead atoms. The van der Waals surface area contributed by atoms with E-state index < -0.39 is 5.60 Å². The van der Waals surface area contributed by atoms with Crippen LogP contribution in [0.2, 0.25) is 15.1 Å². The second-order valence-electron chi connectivity index (χ2n) is 6.00. The van der Waals surface area contributed by atoms with Crippen LogP contribution in [0.5, 0.6) is 0 Å². The Balaban J connectivity index is 2.00. The quantitative estimate of drug-likeness (QED) is 0.388. The number of halogens is 3. The number of nitrogens with zero attached hydrogens (tertiary/aromatic N) is 2. The van der Waals surface area contributed by atoms with Crippen molar-refractivity contribution in [1.29, 1.82) is 0 Å². The third kappa shape index (κ3) is 4.53. The maximum absolute atomic E-state index is 11.4. The van der Waals surface area contributed by atoms with Crippen LogP contribution in [0.25, 0.3) is 0 Å². The first-order chi connectivity index (χ1) is 13.4. The summed E-state index contributed by atoms with van der Waals surface area (Å²) < 4.78 is 6.12. The molecule has 9 heteroatoms. The van der Waals surface area contributed by atoms with E-state index >= 15 is 0 Å². The van der Waals surface area contributed by atoms with Crippen molar-refractivity contribution in [2.75, 3.05) is 6.54 Å². The minimum atomic E-state index is -0.831. The zero-order valence-electron chi connectivity index (χ0n) is 14.7. The molecule has 2 aromatic rings. The molecular weight excluding hydrogens is 441 g/mol. The van der Waals surface area contributed by atoms with Gasteiger partial charge in [-0.05, 0) is 30.0 Å². The van der Waals surface area contributed by atoms with Crippen molar-refractivity contribution in [3.05, 3.63) is 68.7 Å². The first kappa shape index (κ1) is 21.1. The van der Waals surface area contributed by atoms with Gasteiger partial charge in [0.2, 0.25) is 0 Å². The van der Waals surface area contributed by atoms with Crippen molar-refractivity contribution in [2.24, 2.45) is 15.7 Å². The van der Waals surface area contributed by atoms with Gasteiger partial charge < -0.3 is 10.5 Å². The molecule has 1 aliphatic rings. The Morgan fingerprint density at radius 2 is 2.00 bits per heavy atom. The van der Waals surface area contributed by atoms with Crippen LogP contribution >= 0.6 is 46.6 Å². The second-order valence-corrected chi connectivity index (χ2v) is 8.40. The molecular formula is C19H16Cl3N3O2S. The number of epoxide rings is 1. The van der Waals surface area contributed by atoms with Gasteiger partial charge >= 0.3 is 0 Å². The van der Waals surface area contributed by atoms with E-state index in [2.05, 4.69) is 9.98 Å². The standard InChI is InChI=1S/C19H16Cl3N3O2S/c1-11(26)28-18(25-10-23)24-9-19(14-4-2-3-5-15(14)21)17(27-19)13-7-6-12(20)8-16(13)22/h2-8,10,17H,9H2,1H3,(H2,23,24,25)/t17-,19-/m1/s1. The number of amidine groups is 1. The largest absolute Gasteiger partial charge is 0.390 e. The fourth-order valence-electron chi connectivity index (χ4n) is 2.90. The van der Waals surface area contributed by atoms with Gasteiger partial charge in [-0.25, -0.2) is 4.99 Å². The topological polar surface area (TPSA) is 80.3 Å². The predicted octanol–water partition coefficient (Wildman–Crippen LogP) is 5.24. The van der Waals surface area contributed by atoms with E-state index in [0.717, 1.165) is 29.2 Å². The monoisotopic (exact) mass is 455 g/mol. The van der Waals surface area contributed by atoms with Crippen molar-refractivity contribution in [1.82, 2.24) is 0 Å². The highest BCUT2D eigenvalue weighted by Gasteiger charge is 2.60. The number of benzene rings is 2. The van der Waals surface area contributed by atoms with Crippen LogP contribution in [0, 0.1) is 0 Å². The van der Waals surface area contributed by atoms with Gasteiger partial charge in [0.25, 0.3) is 0 Å². The summed E-state index contributed by atoms with van der Waals surface area (Å²) in [7, 11) is 0. The lowest BCUT2D eigenvalue weighted by atomic mass is 9.91. The third-order valence-electron chi connectivity index (χ3n) is 4.14. The molecule has 1 heterocycles. The molecule has 0 aromatic heterocycles. The third-order valence-corrected chi connectivity index (χ3v) is 5.73. The SMILES string of the molecule is CC(=O)SC(N=CN)=NC[C@]1(c2ccccc2Cl)O[C@@H]1c1ccc(Cl)cc1Cl. The highest BCUT2D eigenvalue weighted by molar-refractivity contribution is 8.26. The van der Waals surface area contributed by atoms with Crippen LogP contribution in [0.15, 0.2) is 52.4 Å². The summed E-state index contributed by atoms with van der Waals surface area (Å²) in [6.45, 7) is 1.62. The molecule has 2 N–H and O–H groups in total. The van der Waals surface area contributed by atoms with Crippen molar-refractivity contribution in [3.63, 3.8) is 0 Å². The number of hydrogen-bond acceptors (Lipinski definition) is 4. The van der Waals surface area contributed by atoms with Crippen molar-refractivity contribution >= 4 is 63.2 Å². The van der Waals surface area contributed by atoms with Gasteiger partial charge in [-0.3, -0.25) is 9.79 Å². The smallest absolute Gasteiger partial charge is 0.193 e. The Morgan fingerprint density at radius 3 is 2.64 bits per heavy atom. The highest BCUT2D eigenvalue weighted by Crippen LogP contribution is 2.60. The molecule has 28 heavy (non-hydrogen) atoms. The number of nitrogens with two attached hydrogens (primary N) is 1. The Hall–Kier alpha value is -1.57. The van der Waals surface area contributed by atoms with Crippen molar-refractivity contribution in [2.45, 2.75) is 18.6 Å². The van der Waals surface area contributed by atoms with Crippen LogP contribution in [0.1, 0.15) is 24.2 Å². The summed E-state index contributed by atoms with van der Waals surface area (Å²) in [5.41, 5.74) is 6.10. The van der Waals surface area contributed by atoms with Crippen LogP contribution < -0.4 is 5.73 Å². The van der Waals surface area contributed by atoms with Crippen LogP contribution in [-0.4, -0.2) is 23.2 Å². The molecule has 5 nitrogen and oxygen atoms in total. The van der Waals surface area contributed by atoms with E-state index in [1.807, 2.05) is 24.3 Å². The molecule has 0 unspecified atom stereocenters. The summed E-state index contributed by atoms with van der Waals surface area (Å²) in [5.74, 6) is 0. The number of aliphatic imine (C=N–C) groups is 2. The minimum absolute atomic E-state index is 0.148. The van der Waals surface area contributed by atoms with E-state index in [1.54, 1.807) is 18.2 Å². The van der Waals surface area contributed by atoms with Crippen molar-refractivity contribution in [3.8, 4) is 0 Å². The van der Waals surface area contributed by atoms with Crippen LogP contribution in [0.4, 0.5) is 0 Å². The molecule has 146 valence electrons. The van der Waals surface area contributed by atoms with Gasteiger partial charge in [-0.15, -0.1) is 0 Å².